The van der Waals surface area contributed by atoms with E-state index in [-0.39, 0.29) is 11.8 Å². The quantitative estimate of drug-likeness (QED) is 0.851. The monoisotopic (exact) mass is 297 g/mol. The zero-order valence-corrected chi connectivity index (χ0v) is 13.7. The third-order valence-electron chi connectivity index (χ3n) is 3.40. The van der Waals surface area contributed by atoms with Gasteiger partial charge < -0.3 is 4.90 Å². The second kappa shape index (κ2) is 7.16. The first-order valence-corrected chi connectivity index (χ1v) is 7.59. The van der Waals surface area contributed by atoms with Crippen LogP contribution in [0.3, 0.4) is 0 Å². The molecule has 0 bridgehead atoms. The van der Waals surface area contributed by atoms with E-state index in [0.29, 0.717) is 13.1 Å². The molecule has 0 saturated heterocycles. The zero-order valence-electron chi connectivity index (χ0n) is 13.7. The van der Waals surface area contributed by atoms with Crippen LogP contribution in [0.1, 0.15) is 36.6 Å². The Morgan fingerprint density at radius 3 is 1.77 bits per heavy atom. The van der Waals surface area contributed by atoms with Crippen molar-refractivity contribution in [3.05, 3.63) is 59.2 Å². The highest BCUT2D eigenvalue weighted by atomic mass is 16.2. The highest BCUT2D eigenvalue weighted by Gasteiger charge is 2.18. The van der Waals surface area contributed by atoms with Crippen LogP contribution in [0.4, 0.5) is 0 Å². The molecule has 0 aliphatic rings. The smallest absolute Gasteiger partial charge is 0.225 e. The summed E-state index contributed by atoms with van der Waals surface area (Å²) in [4.78, 5) is 23.3. The van der Waals surface area contributed by atoms with Gasteiger partial charge >= 0.3 is 0 Å². The predicted molar refractivity (Wildman–Crippen MR) is 87.0 cm³/mol. The first-order chi connectivity index (χ1) is 10.5. The van der Waals surface area contributed by atoms with Crippen LogP contribution in [-0.4, -0.2) is 20.8 Å². The van der Waals surface area contributed by atoms with E-state index >= 15 is 0 Å². The molecule has 0 fully saturated rings. The van der Waals surface area contributed by atoms with Crippen molar-refractivity contribution in [2.24, 2.45) is 5.92 Å². The largest absolute Gasteiger partial charge is 0.331 e. The molecule has 0 spiro atoms. The van der Waals surface area contributed by atoms with Gasteiger partial charge in [0.15, 0.2) is 0 Å². The predicted octanol–water partition coefficient (Wildman–Crippen LogP) is 3.28. The third kappa shape index (κ3) is 4.38. The number of aryl methyl sites for hydroxylation is 2. The van der Waals surface area contributed by atoms with Gasteiger partial charge in [-0.3, -0.25) is 14.8 Å². The van der Waals surface area contributed by atoms with Crippen molar-refractivity contribution in [2.45, 2.75) is 40.8 Å². The number of amides is 1. The van der Waals surface area contributed by atoms with Crippen molar-refractivity contribution in [1.29, 1.82) is 0 Å². The Kier molecular flexibility index (Phi) is 5.26. The summed E-state index contributed by atoms with van der Waals surface area (Å²) in [5.74, 6) is 0.0706. The van der Waals surface area contributed by atoms with Gasteiger partial charge in [0, 0.05) is 17.3 Å². The highest BCUT2D eigenvalue weighted by molar-refractivity contribution is 5.78. The van der Waals surface area contributed by atoms with E-state index in [0.717, 1.165) is 22.8 Å². The SMILES string of the molecule is Cc1cccc(CN(Cc2cccc(C)n2)C(=O)C(C)C)n1. The molecule has 2 heterocycles. The fourth-order valence-corrected chi connectivity index (χ4v) is 2.34. The Bertz CT molecular complexity index is 605. The van der Waals surface area contributed by atoms with E-state index in [1.807, 2.05) is 69.0 Å². The van der Waals surface area contributed by atoms with E-state index in [1.165, 1.54) is 0 Å². The molecule has 2 rings (SSSR count). The molecule has 1 amide bonds. The summed E-state index contributed by atoms with van der Waals surface area (Å²) in [6.45, 7) is 8.77. The Balaban J connectivity index is 2.21. The van der Waals surface area contributed by atoms with Gasteiger partial charge in [-0.2, -0.15) is 0 Å². The summed E-state index contributed by atoms with van der Waals surface area (Å²) < 4.78 is 0. The van der Waals surface area contributed by atoms with Gasteiger partial charge in [0.1, 0.15) is 0 Å². The van der Waals surface area contributed by atoms with Gasteiger partial charge in [0.25, 0.3) is 0 Å². The second-order valence-electron chi connectivity index (χ2n) is 5.89. The molecule has 4 nitrogen and oxygen atoms in total. The number of aromatic nitrogens is 2. The van der Waals surface area contributed by atoms with Gasteiger partial charge in [-0.15, -0.1) is 0 Å². The minimum absolute atomic E-state index is 0.0466. The summed E-state index contributed by atoms with van der Waals surface area (Å²) in [6.07, 6.45) is 0. The van der Waals surface area contributed by atoms with Crippen molar-refractivity contribution in [2.75, 3.05) is 0 Å². The molecule has 0 atom stereocenters. The number of rotatable bonds is 5. The molecule has 0 N–H and O–H groups in total. The lowest BCUT2D eigenvalue weighted by Gasteiger charge is -2.24. The van der Waals surface area contributed by atoms with Crippen molar-refractivity contribution in [3.8, 4) is 0 Å². The molecule has 0 aliphatic heterocycles. The van der Waals surface area contributed by atoms with E-state index in [4.69, 9.17) is 0 Å². The lowest BCUT2D eigenvalue weighted by Crippen LogP contribution is -2.34. The maximum absolute atomic E-state index is 12.5. The average Bonchev–Trinajstić information content (AvgIpc) is 2.46. The minimum atomic E-state index is -0.0466. The van der Waals surface area contributed by atoms with Crippen molar-refractivity contribution >= 4 is 5.91 Å². The van der Waals surface area contributed by atoms with Crippen LogP contribution in [0, 0.1) is 19.8 Å². The lowest BCUT2D eigenvalue weighted by molar-refractivity contribution is -0.135. The van der Waals surface area contributed by atoms with Crippen LogP contribution in [0.15, 0.2) is 36.4 Å². The molecule has 0 unspecified atom stereocenters. The highest BCUT2D eigenvalue weighted by Crippen LogP contribution is 2.12. The normalized spacial score (nSPS) is 10.8. The van der Waals surface area contributed by atoms with Gasteiger partial charge in [0.2, 0.25) is 5.91 Å². The van der Waals surface area contributed by atoms with Crippen LogP contribution in [0.5, 0.6) is 0 Å². The topological polar surface area (TPSA) is 46.1 Å². The van der Waals surface area contributed by atoms with Crippen molar-refractivity contribution in [3.63, 3.8) is 0 Å². The van der Waals surface area contributed by atoms with Crippen molar-refractivity contribution in [1.82, 2.24) is 14.9 Å². The maximum Gasteiger partial charge on any atom is 0.225 e. The van der Waals surface area contributed by atoms with Crippen LogP contribution in [-0.2, 0) is 17.9 Å². The molecule has 116 valence electrons. The van der Waals surface area contributed by atoms with Crippen LogP contribution >= 0.6 is 0 Å². The van der Waals surface area contributed by atoms with Crippen LogP contribution in [0.25, 0.3) is 0 Å². The van der Waals surface area contributed by atoms with E-state index in [1.54, 1.807) is 0 Å². The summed E-state index contributed by atoms with van der Waals surface area (Å²) in [6, 6.07) is 11.8. The fourth-order valence-electron chi connectivity index (χ4n) is 2.34. The molecule has 2 aromatic rings. The summed E-state index contributed by atoms with van der Waals surface area (Å²) in [5, 5.41) is 0. The van der Waals surface area contributed by atoms with Crippen LogP contribution in [0.2, 0.25) is 0 Å². The molecule has 0 aliphatic carbocycles. The van der Waals surface area contributed by atoms with Crippen LogP contribution < -0.4 is 0 Å². The Morgan fingerprint density at radius 1 is 0.955 bits per heavy atom. The fraction of sp³-hybridized carbons (Fsp3) is 0.389. The second-order valence-corrected chi connectivity index (χ2v) is 5.89. The number of carbonyl (C=O) groups is 1. The summed E-state index contributed by atoms with van der Waals surface area (Å²) in [7, 11) is 0. The molecule has 2 aromatic heterocycles. The molecule has 0 saturated carbocycles. The Labute approximate surface area is 132 Å². The molecule has 0 radical (unpaired) electrons. The standard InChI is InChI=1S/C18H23N3O/c1-13(2)18(22)21(11-16-9-5-7-14(3)19-16)12-17-10-6-8-15(4)20-17/h5-10,13H,11-12H2,1-4H3. The minimum Gasteiger partial charge on any atom is -0.331 e. The van der Waals surface area contributed by atoms with Gasteiger partial charge in [-0.05, 0) is 38.1 Å². The molecular weight excluding hydrogens is 274 g/mol. The molecule has 0 aromatic carbocycles. The van der Waals surface area contributed by atoms with E-state index < -0.39 is 0 Å². The van der Waals surface area contributed by atoms with Gasteiger partial charge in [-0.25, -0.2) is 0 Å². The number of hydrogen-bond donors (Lipinski definition) is 0. The van der Waals surface area contributed by atoms with E-state index in [9.17, 15) is 4.79 Å². The third-order valence-corrected chi connectivity index (χ3v) is 3.40. The average molecular weight is 297 g/mol. The Morgan fingerprint density at radius 2 is 1.41 bits per heavy atom. The lowest BCUT2D eigenvalue weighted by atomic mass is 10.1. The number of hydrogen-bond acceptors (Lipinski definition) is 3. The maximum atomic E-state index is 12.5. The molecule has 4 heteroatoms. The van der Waals surface area contributed by atoms with Gasteiger partial charge in [-0.1, -0.05) is 26.0 Å². The first-order valence-electron chi connectivity index (χ1n) is 7.59. The zero-order chi connectivity index (χ0) is 16.1. The number of carbonyl (C=O) groups excluding carboxylic acids is 1. The molecule has 22 heavy (non-hydrogen) atoms. The summed E-state index contributed by atoms with van der Waals surface area (Å²) in [5.41, 5.74) is 3.73. The van der Waals surface area contributed by atoms with Gasteiger partial charge in [0.05, 0.1) is 24.5 Å². The Hall–Kier alpha value is -2.23. The summed E-state index contributed by atoms with van der Waals surface area (Å²) >= 11 is 0. The van der Waals surface area contributed by atoms with Crippen molar-refractivity contribution < 1.29 is 4.79 Å². The van der Waals surface area contributed by atoms with E-state index in [2.05, 4.69) is 9.97 Å². The number of pyridine rings is 2. The first kappa shape index (κ1) is 16.1. The molecular formula is C18H23N3O. The number of nitrogens with zero attached hydrogens (tertiary/aromatic N) is 3.